The summed E-state index contributed by atoms with van der Waals surface area (Å²) in [5, 5.41) is 4.62. The van der Waals surface area contributed by atoms with Gasteiger partial charge in [-0.3, -0.25) is 9.59 Å². The summed E-state index contributed by atoms with van der Waals surface area (Å²) in [4.78, 5) is 23.2. The fourth-order valence-electron chi connectivity index (χ4n) is 1.62. The average molecular weight is 315 g/mol. The van der Waals surface area contributed by atoms with Gasteiger partial charge in [-0.15, -0.1) is 0 Å². The van der Waals surface area contributed by atoms with Crippen molar-refractivity contribution < 1.29 is 23.1 Å². The molecular weight excluding hydrogens is 296 g/mol. The van der Waals surface area contributed by atoms with Crippen molar-refractivity contribution in [3.8, 4) is 5.75 Å². The highest BCUT2D eigenvalue weighted by Gasteiger charge is 2.18. The van der Waals surface area contributed by atoms with Gasteiger partial charge in [0.25, 0.3) is 0 Å². The minimum atomic E-state index is -0.941. The molecule has 0 aliphatic carbocycles. The van der Waals surface area contributed by atoms with Crippen LogP contribution in [-0.4, -0.2) is 31.5 Å². The number of halogens is 2. The van der Waals surface area contributed by atoms with Crippen LogP contribution in [0.4, 0.5) is 14.5 Å². The summed E-state index contributed by atoms with van der Waals surface area (Å²) in [6.45, 7) is 3.19. The lowest BCUT2D eigenvalue weighted by atomic mass is 10.1. The lowest BCUT2D eigenvalue weighted by Gasteiger charge is -2.15. The van der Waals surface area contributed by atoms with E-state index in [0.29, 0.717) is 0 Å². The number of ether oxygens (including phenoxy) is 1. The Hall–Kier alpha value is -2.22. The van der Waals surface area contributed by atoms with Crippen LogP contribution < -0.4 is 21.1 Å². The summed E-state index contributed by atoms with van der Waals surface area (Å²) in [6.07, 6.45) is 0. The fraction of sp³-hybridized carbons (Fsp3) is 0.429. The number of nitrogens with two attached hydrogens (primary N) is 1. The second-order valence-electron chi connectivity index (χ2n) is 5.01. The van der Waals surface area contributed by atoms with Crippen LogP contribution in [0, 0.1) is 17.6 Å². The summed E-state index contributed by atoms with van der Waals surface area (Å²) in [7, 11) is 1.13. The molecule has 4 N–H and O–H groups in total. The first-order valence-corrected chi connectivity index (χ1v) is 6.62. The molecule has 0 aromatic heterocycles. The number of hydrogen-bond donors (Lipinski definition) is 3. The third-order valence-corrected chi connectivity index (χ3v) is 2.93. The smallest absolute Gasteiger partial charge is 0.243 e. The van der Waals surface area contributed by atoms with Crippen molar-refractivity contribution in [3.05, 3.63) is 23.8 Å². The molecule has 0 spiro atoms. The van der Waals surface area contributed by atoms with Gasteiger partial charge in [-0.2, -0.15) is 0 Å². The maximum Gasteiger partial charge on any atom is 0.243 e. The van der Waals surface area contributed by atoms with E-state index in [2.05, 4.69) is 15.4 Å². The second-order valence-corrected chi connectivity index (χ2v) is 5.01. The number of rotatable bonds is 6. The first-order chi connectivity index (χ1) is 10.3. The first-order valence-electron chi connectivity index (χ1n) is 6.62. The molecule has 22 heavy (non-hydrogen) atoms. The highest BCUT2D eigenvalue weighted by Crippen LogP contribution is 2.25. The summed E-state index contributed by atoms with van der Waals surface area (Å²) < 4.78 is 31.5. The van der Waals surface area contributed by atoms with Crippen molar-refractivity contribution in [1.82, 2.24) is 5.32 Å². The second kappa shape index (κ2) is 7.69. The molecule has 0 saturated carbocycles. The standard InChI is InChI=1S/C14H19F2N3O3/c1-7(2)12(17)14(21)18-6-11(20)19-8-4-9(15)13(22-3)10(16)5-8/h4-5,7,12H,6,17H2,1-3H3,(H,18,21)(H,19,20)/t12-/m0/s1. The van der Waals surface area contributed by atoms with Crippen LogP contribution in [0.2, 0.25) is 0 Å². The Morgan fingerprint density at radius 3 is 2.27 bits per heavy atom. The Balaban J connectivity index is 2.61. The fourth-order valence-corrected chi connectivity index (χ4v) is 1.62. The molecular formula is C14H19F2N3O3. The molecule has 6 nitrogen and oxygen atoms in total. The number of carbonyl (C=O) groups is 2. The molecule has 0 unspecified atom stereocenters. The van der Waals surface area contributed by atoms with E-state index in [1.807, 2.05) is 0 Å². The maximum absolute atomic E-state index is 13.5. The summed E-state index contributed by atoms with van der Waals surface area (Å²) >= 11 is 0. The Kier molecular flexibility index (Phi) is 6.24. The molecule has 1 aromatic carbocycles. The first kappa shape index (κ1) is 17.8. The van der Waals surface area contributed by atoms with Crippen LogP contribution in [0.5, 0.6) is 5.75 Å². The Labute approximate surface area is 127 Å². The van der Waals surface area contributed by atoms with Crippen molar-refractivity contribution in [2.75, 3.05) is 19.0 Å². The molecule has 0 radical (unpaired) electrons. The topological polar surface area (TPSA) is 93.5 Å². The quantitative estimate of drug-likeness (QED) is 0.730. The lowest BCUT2D eigenvalue weighted by molar-refractivity contribution is -0.125. The minimum Gasteiger partial charge on any atom is -0.491 e. The number of nitrogens with one attached hydrogen (secondary N) is 2. The highest BCUT2D eigenvalue weighted by molar-refractivity contribution is 5.95. The Bertz CT molecular complexity index is 541. The Morgan fingerprint density at radius 1 is 1.27 bits per heavy atom. The third kappa shape index (κ3) is 4.66. The van der Waals surface area contributed by atoms with Crippen molar-refractivity contribution in [1.29, 1.82) is 0 Å². The zero-order valence-electron chi connectivity index (χ0n) is 12.6. The third-order valence-electron chi connectivity index (χ3n) is 2.93. The van der Waals surface area contributed by atoms with Gasteiger partial charge >= 0.3 is 0 Å². The molecule has 1 atom stereocenters. The van der Waals surface area contributed by atoms with Gasteiger partial charge < -0.3 is 21.1 Å². The molecule has 122 valence electrons. The lowest BCUT2D eigenvalue weighted by Crippen LogP contribution is -2.46. The number of carbonyl (C=O) groups excluding carboxylic acids is 2. The van der Waals surface area contributed by atoms with Crippen LogP contribution in [-0.2, 0) is 9.59 Å². The molecule has 2 amide bonds. The van der Waals surface area contributed by atoms with Crippen molar-refractivity contribution in [2.24, 2.45) is 11.7 Å². The van der Waals surface area contributed by atoms with Crippen LogP contribution >= 0.6 is 0 Å². The number of benzene rings is 1. The summed E-state index contributed by atoms with van der Waals surface area (Å²) in [6, 6.07) is 1.10. The van der Waals surface area contributed by atoms with E-state index in [9.17, 15) is 18.4 Å². The van der Waals surface area contributed by atoms with Crippen LogP contribution in [0.15, 0.2) is 12.1 Å². The van der Waals surface area contributed by atoms with Crippen LogP contribution in [0.1, 0.15) is 13.8 Å². The normalized spacial score (nSPS) is 12.0. The van der Waals surface area contributed by atoms with E-state index in [-0.39, 0.29) is 18.2 Å². The predicted molar refractivity (Wildman–Crippen MR) is 77.4 cm³/mol. The largest absolute Gasteiger partial charge is 0.491 e. The monoisotopic (exact) mass is 315 g/mol. The molecule has 8 heteroatoms. The van der Waals surface area contributed by atoms with Crippen molar-refractivity contribution >= 4 is 17.5 Å². The molecule has 0 saturated heterocycles. The van der Waals surface area contributed by atoms with Gasteiger partial charge in [0, 0.05) is 17.8 Å². The molecule has 0 aliphatic heterocycles. The van der Waals surface area contributed by atoms with Crippen molar-refractivity contribution in [2.45, 2.75) is 19.9 Å². The molecule has 0 fully saturated rings. The van der Waals surface area contributed by atoms with Gasteiger partial charge in [-0.05, 0) is 5.92 Å². The van der Waals surface area contributed by atoms with Gasteiger partial charge in [0.2, 0.25) is 11.8 Å². The van der Waals surface area contributed by atoms with Gasteiger partial charge in [0.15, 0.2) is 17.4 Å². The van der Waals surface area contributed by atoms with Gasteiger partial charge in [0.05, 0.1) is 19.7 Å². The molecule has 0 heterocycles. The number of anilines is 1. The van der Waals surface area contributed by atoms with Crippen molar-refractivity contribution in [3.63, 3.8) is 0 Å². The van der Waals surface area contributed by atoms with Crippen LogP contribution in [0.3, 0.4) is 0 Å². The van der Waals surface area contributed by atoms with E-state index in [1.165, 1.54) is 0 Å². The predicted octanol–water partition coefficient (Wildman–Crippen LogP) is 1.01. The van der Waals surface area contributed by atoms with E-state index < -0.39 is 35.2 Å². The summed E-state index contributed by atoms with van der Waals surface area (Å²) in [5.41, 5.74) is 5.53. The molecule has 0 bridgehead atoms. The van der Waals surface area contributed by atoms with E-state index in [1.54, 1.807) is 13.8 Å². The summed E-state index contributed by atoms with van der Waals surface area (Å²) in [5.74, 6) is -3.60. The van der Waals surface area contributed by atoms with E-state index >= 15 is 0 Å². The molecule has 1 aromatic rings. The van der Waals surface area contributed by atoms with E-state index in [4.69, 9.17) is 5.73 Å². The maximum atomic E-state index is 13.5. The number of methoxy groups -OCH3 is 1. The SMILES string of the molecule is COc1c(F)cc(NC(=O)CNC(=O)[C@@H](N)C(C)C)cc1F. The van der Waals surface area contributed by atoms with E-state index in [0.717, 1.165) is 19.2 Å². The minimum absolute atomic E-state index is 0.0761. The zero-order valence-corrected chi connectivity index (χ0v) is 12.6. The zero-order chi connectivity index (χ0) is 16.9. The van der Waals surface area contributed by atoms with Gasteiger partial charge in [0.1, 0.15) is 0 Å². The van der Waals surface area contributed by atoms with Gasteiger partial charge in [-0.25, -0.2) is 8.78 Å². The number of hydrogen-bond acceptors (Lipinski definition) is 4. The number of amides is 2. The highest BCUT2D eigenvalue weighted by atomic mass is 19.1. The Morgan fingerprint density at radius 2 is 1.82 bits per heavy atom. The molecule has 0 aliphatic rings. The van der Waals surface area contributed by atoms with Gasteiger partial charge in [-0.1, -0.05) is 13.8 Å². The average Bonchev–Trinajstić information content (AvgIpc) is 2.43. The van der Waals surface area contributed by atoms with Crippen LogP contribution in [0.25, 0.3) is 0 Å². The molecule has 1 rings (SSSR count).